The summed E-state index contributed by atoms with van der Waals surface area (Å²) in [6.07, 6.45) is 0. The molecule has 2 aromatic rings. The van der Waals surface area contributed by atoms with Crippen LogP contribution < -0.4 is 5.32 Å². The average molecular weight is 314 g/mol. The summed E-state index contributed by atoms with van der Waals surface area (Å²) in [5.41, 5.74) is 2.28. The van der Waals surface area contributed by atoms with Crippen molar-refractivity contribution in [3.63, 3.8) is 0 Å². The molecule has 0 radical (unpaired) electrons. The lowest BCUT2D eigenvalue weighted by molar-refractivity contribution is -0.114. The highest BCUT2D eigenvalue weighted by Gasteiger charge is 2.17. The Kier molecular flexibility index (Phi) is 6.03. The van der Waals surface area contributed by atoms with Gasteiger partial charge >= 0.3 is 0 Å². The third-order valence-corrected chi connectivity index (χ3v) is 4.15. The molecular weight excluding hydrogens is 296 g/mol. The minimum atomic E-state index is -0.269. The molecule has 0 aliphatic rings. The number of carbonyl (C=O) groups excluding carboxylic acids is 1. The minimum Gasteiger partial charge on any atom is -0.398 e. The van der Waals surface area contributed by atoms with Crippen LogP contribution in [0.3, 0.4) is 0 Å². The second-order valence-corrected chi connectivity index (χ2v) is 5.49. The Morgan fingerprint density at radius 2 is 1.82 bits per heavy atom. The maximum atomic E-state index is 12.0. The number of hydrogen-bond acceptors (Lipinski definition) is 4. The molecular formula is C17H18N2O2S. The number of oxime groups is 1. The van der Waals surface area contributed by atoms with E-state index in [0.29, 0.717) is 0 Å². The Morgan fingerprint density at radius 1 is 1.14 bits per heavy atom. The molecule has 0 bridgehead atoms. The molecule has 0 heterocycles. The van der Waals surface area contributed by atoms with Crippen molar-refractivity contribution in [3.05, 3.63) is 65.7 Å². The van der Waals surface area contributed by atoms with Gasteiger partial charge in [-0.25, -0.2) is 0 Å². The molecule has 0 aliphatic heterocycles. The number of rotatable bonds is 6. The van der Waals surface area contributed by atoms with Gasteiger partial charge in [-0.3, -0.25) is 4.79 Å². The third kappa shape index (κ3) is 4.11. The zero-order valence-corrected chi connectivity index (χ0v) is 13.4. The Morgan fingerprint density at radius 3 is 2.50 bits per heavy atom. The number of hydrogen-bond donors (Lipinski definition) is 1. The lowest BCUT2D eigenvalue weighted by Crippen LogP contribution is -2.29. The van der Waals surface area contributed by atoms with E-state index >= 15 is 0 Å². The predicted molar refractivity (Wildman–Crippen MR) is 90.1 cm³/mol. The number of thioether (sulfide) groups is 1. The summed E-state index contributed by atoms with van der Waals surface area (Å²) in [5, 5.41) is 6.46. The highest BCUT2D eigenvalue weighted by molar-refractivity contribution is 7.98. The summed E-state index contributed by atoms with van der Waals surface area (Å²) in [7, 11) is 3.01. The predicted octanol–water partition coefficient (Wildman–Crippen LogP) is 3.08. The summed E-state index contributed by atoms with van der Waals surface area (Å²) in [4.78, 5) is 17.8. The topological polar surface area (TPSA) is 50.7 Å². The van der Waals surface area contributed by atoms with Crippen LogP contribution in [0.5, 0.6) is 0 Å². The lowest BCUT2D eigenvalue weighted by atomic mass is 10.1. The van der Waals surface area contributed by atoms with Crippen LogP contribution in [0.2, 0.25) is 0 Å². The summed E-state index contributed by atoms with van der Waals surface area (Å²) in [5.74, 6) is 0.556. The number of likely N-dealkylation sites (N-methyl/N-ethyl adjacent to an activating group) is 1. The molecule has 1 amide bonds. The Balaban J connectivity index is 2.26. The minimum absolute atomic E-state index is 0.269. The molecule has 2 rings (SSSR count). The fourth-order valence-corrected chi connectivity index (χ4v) is 2.96. The van der Waals surface area contributed by atoms with E-state index < -0.39 is 0 Å². The maximum absolute atomic E-state index is 12.0. The van der Waals surface area contributed by atoms with Gasteiger partial charge in [-0.1, -0.05) is 53.7 Å². The van der Waals surface area contributed by atoms with Crippen LogP contribution in [0.4, 0.5) is 0 Å². The summed E-state index contributed by atoms with van der Waals surface area (Å²) < 4.78 is 0. The van der Waals surface area contributed by atoms with Gasteiger partial charge in [-0.2, -0.15) is 0 Å². The van der Waals surface area contributed by atoms with Gasteiger partial charge in [0, 0.05) is 23.3 Å². The van der Waals surface area contributed by atoms with E-state index in [1.165, 1.54) is 12.7 Å². The molecule has 0 atom stereocenters. The van der Waals surface area contributed by atoms with Crippen molar-refractivity contribution in [1.82, 2.24) is 5.32 Å². The van der Waals surface area contributed by atoms with E-state index in [1.54, 1.807) is 18.8 Å². The monoisotopic (exact) mass is 314 g/mol. The van der Waals surface area contributed by atoms with Crippen molar-refractivity contribution in [2.24, 2.45) is 5.16 Å². The first-order valence-electron chi connectivity index (χ1n) is 6.85. The average Bonchev–Trinajstić information content (AvgIpc) is 2.58. The zero-order chi connectivity index (χ0) is 15.8. The smallest absolute Gasteiger partial charge is 0.273 e. The molecule has 22 heavy (non-hydrogen) atoms. The number of nitrogens with zero attached hydrogens (tertiary/aromatic N) is 1. The lowest BCUT2D eigenvalue weighted by Gasteiger charge is -2.10. The van der Waals surface area contributed by atoms with Gasteiger partial charge in [0.2, 0.25) is 0 Å². The standard InChI is InChI=1S/C17H18N2O2S/c1-18-17(20)16(19-21-2)14-10-6-7-11-15(14)22-12-13-8-4-3-5-9-13/h3-11H,12H2,1-2H3,(H,18,20)/b19-16+. The first-order chi connectivity index (χ1) is 10.8. The van der Waals surface area contributed by atoms with Gasteiger partial charge in [-0.15, -0.1) is 11.8 Å². The molecule has 0 saturated heterocycles. The van der Waals surface area contributed by atoms with Gasteiger partial charge in [0.05, 0.1) is 0 Å². The van der Waals surface area contributed by atoms with Gasteiger partial charge in [-0.05, 0) is 11.6 Å². The first-order valence-corrected chi connectivity index (χ1v) is 7.84. The van der Waals surface area contributed by atoms with Gasteiger partial charge < -0.3 is 10.2 Å². The van der Waals surface area contributed by atoms with E-state index in [1.807, 2.05) is 42.5 Å². The van der Waals surface area contributed by atoms with Crippen LogP contribution in [0.1, 0.15) is 11.1 Å². The largest absolute Gasteiger partial charge is 0.398 e. The van der Waals surface area contributed by atoms with Gasteiger partial charge in [0.1, 0.15) is 7.11 Å². The molecule has 0 aromatic heterocycles. The van der Waals surface area contributed by atoms with Crippen LogP contribution in [0, 0.1) is 0 Å². The van der Waals surface area contributed by atoms with Crippen molar-refractivity contribution < 1.29 is 9.63 Å². The molecule has 2 aromatic carbocycles. The quantitative estimate of drug-likeness (QED) is 0.506. The summed E-state index contributed by atoms with van der Waals surface area (Å²) >= 11 is 1.67. The molecule has 4 nitrogen and oxygen atoms in total. The second kappa shape index (κ2) is 8.24. The molecule has 5 heteroatoms. The highest BCUT2D eigenvalue weighted by atomic mass is 32.2. The van der Waals surface area contributed by atoms with Crippen molar-refractivity contribution >= 4 is 23.4 Å². The normalized spacial score (nSPS) is 11.1. The van der Waals surface area contributed by atoms with Gasteiger partial charge in [0.15, 0.2) is 5.71 Å². The maximum Gasteiger partial charge on any atom is 0.273 e. The van der Waals surface area contributed by atoms with Crippen LogP contribution in [0.25, 0.3) is 0 Å². The van der Waals surface area contributed by atoms with E-state index in [0.717, 1.165) is 16.2 Å². The first kappa shape index (κ1) is 16.1. The van der Waals surface area contributed by atoms with Crippen LogP contribution in [-0.4, -0.2) is 25.8 Å². The Bertz CT molecular complexity index is 657. The van der Waals surface area contributed by atoms with Gasteiger partial charge in [0.25, 0.3) is 5.91 Å². The molecule has 0 fully saturated rings. The van der Waals surface area contributed by atoms with Crippen molar-refractivity contribution in [1.29, 1.82) is 0 Å². The van der Waals surface area contributed by atoms with Crippen molar-refractivity contribution in [2.75, 3.05) is 14.2 Å². The van der Waals surface area contributed by atoms with Crippen LogP contribution in [-0.2, 0) is 15.4 Å². The number of amides is 1. The highest BCUT2D eigenvalue weighted by Crippen LogP contribution is 2.27. The van der Waals surface area contributed by atoms with E-state index in [4.69, 9.17) is 4.84 Å². The molecule has 0 spiro atoms. The van der Waals surface area contributed by atoms with E-state index in [-0.39, 0.29) is 11.6 Å². The summed E-state index contributed by atoms with van der Waals surface area (Å²) in [6, 6.07) is 17.9. The van der Waals surface area contributed by atoms with Crippen molar-refractivity contribution in [3.8, 4) is 0 Å². The Labute approximate surface area is 134 Å². The van der Waals surface area contributed by atoms with Crippen LogP contribution >= 0.6 is 11.8 Å². The molecule has 0 unspecified atom stereocenters. The summed E-state index contributed by atoms with van der Waals surface area (Å²) in [6.45, 7) is 0. The fourth-order valence-electron chi connectivity index (χ4n) is 1.95. The van der Waals surface area contributed by atoms with Crippen LogP contribution in [0.15, 0.2) is 64.6 Å². The number of nitrogens with one attached hydrogen (secondary N) is 1. The molecule has 0 saturated carbocycles. The molecule has 0 aliphatic carbocycles. The molecule has 114 valence electrons. The SMILES string of the molecule is CNC(=O)/C(=N/OC)c1ccccc1SCc1ccccc1. The van der Waals surface area contributed by atoms with Crippen molar-refractivity contribution in [2.45, 2.75) is 10.6 Å². The second-order valence-electron chi connectivity index (χ2n) is 4.47. The van der Waals surface area contributed by atoms with E-state index in [2.05, 4.69) is 22.6 Å². The number of carbonyl (C=O) groups is 1. The fraction of sp³-hybridized carbons (Fsp3) is 0.176. The third-order valence-electron chi connectivity index (χ3n) is 3.00. The molecule has 1 N–H and O–H groups in total. The Hall–Kier alpha value is -2.27. The number of benzene rings is 2. The van der Waals surface area contributed by atoms with E-state index in [9.17, 15) is 4.79 Å². The zero-order valence-electron chi connectivity index (χ0n) is 12.6.